The zero-order valence-electron chi connectivity index (χ0n) is 21.4. The van der Waals surface area contributed by atoms with Gasteiger partial charge in [-0.2, -0.15) is 0 Å². The first-order valence-electron chi connectivity index (χ1n) is 12.5. The van der Waals surface area contributed by atoms with E-state index in [1.807, 2.05) is 25.1 Å². The molecule has 1 atom stereocenters. The summed E-state index contributed by atoms with van der Waals surface area (Å²) in [6.07, 6.45) is 8.83. The molecule has 0 bridgehead atoms. The molecule has 1 fully saturated rings. The summed E-state index contributed by atoms with van der Waals surface area (Å²) in [5.41, 5.74) is 0.728. The lowest BCUT2D eigenvalue weighted by Crippen LogP contribution is -2.27. The van der Waals surface area contributed by atoms with Gasteiger partial charge >= 0.3 is 5.97 Å². The number of benzene rings is 2. The first-order chi connectivity index (χ1) is 17.7. The molecule has 0 spiro atoms. The topological polar surface area (TPSA) is 96.3 Å². The molecule has 198 valence electrons. The molecule has 37 heavy (non-hydrogen) atoms. The van der Waals surface area contributed by atoms with Crippen LogP contribution >= 0.6 is 24.0 Å². The normalized spacial score (nSPS) is 15.3. The molecule has 1 unspecified atom stereocenters. The number of hydrogen-bond donors (Lipinski definition) is 2. The molecule has 0 aliphatic carbocycles. The van der Waals surface area contributed by atoms with Gasteiger partial charge in [0.05, 0.1) is 23.3 Å². The number of carboxylic acids is 1. The molecule has 1 amide bonds. The molecule has 3 rings (SSSR count). The number of thiocarbonyl (C=S) groups is 1. The number of amides is 1. The van der Waals surface area contributed by atoms with Gasteiger partial charge in [-0.25, -0.2) is 4.79 Å². The van der Waals surface area contributed by atoms with Crippen LogP contribution in [0.1, 0.15) is 75.2 Å². The summed E-state index contributed by atoms with van der Waals surface area (Å²) >= 11 is 6.53. The highest BCUT2D eigenvalue weighted by Gasteiger charge is 2.34. The lowest BCUT2D eigenvalue weighted by atomic mass is 10.1. The average molecular weight is 544 g/mol. The number of thioether (sulfide) groups is 1. The van der Waals surface area contributed by atoms with Gasteiger partial charge in [0.2, 0.25) is 0 Å². The number of carboxylic acid groups (broad SMARTS) is 1. The highest BCUT2D eigenvalue weighted by molar-refractivity contribution is 8.27. The first kappa shape index (κ1) is 28.5. The SMILES string of the molecule is CCCCCCCC(C)Oc1ccc(/C=C2/SC(=S)N(c3ccc(O)c(C(=O)O)c3)C2=O)cc1OCC. The van der Waals surface area contributed by atoms with Crippen molar-refractivity contribution < 1.29 is 29.3 Å². The molecule has 1 aliphatic heterocycles. The Balaban J connectivity index is 1.76. The van der Waals surface area contributed by atoms with Gasteiger partial charge in [-0.1, -0.05) is 62.7 Å². The second kappa shape index (κ2) is 13.5. The molecular weight excluding hydrogens is 510 g/mol. The standard InChI is InChI=1S/C28H33NO6S2/c1-4-6-7-8-9-10-18(3)35-23-14-11-19(15-24(23)34-5-2)16-25-26(31)29(28(36)37-25)20-12-13-22(30)21(17-20)27(32)33/h11-18,30H,4-10H2,1-3H3,(H,32,33)/b25-16+. The van der Waals surface area contributed by atoms with Crippen molar-refractivity contribution in [3.63, 3.8) is 0 Å². The van der Waals surface area contributed by atoms with Crippen molar-refractivity contribution in [3.05, 3.63) is 52.4 Å². The summed E-state index contributed by atoms with van der Waals surface area (Å²) < 4.78 is 12.3. The fraction of sp³-hybridized carbons (Fsp3) is 0.393. The fourth-order valence-electron chi connectivity index (χ4n) is 3.97. The summed E-state index contributed by atoms with van der Waals surface area (Å²) in [6.45, 7) is 6.65. The highest BCUT2D eigenvalue weighted by atomic mass is 32.2. The smallest absolute Gasteiger partial charge is 0.339 e. The number of aromatic hydroxyl groups is 1. The van der Waals surface area contributed by atoms with Crippen LogP contribution in [0.4, 0.5) is 5.69 Å². The maximum atomic E-state index is 13.2. The number of anilines is 1. The second-order valence-electron chi connectivity index (χ2n) is 8.79. The molecule has 2 aromatic rings. The Bertz CT molecular complexity index is 1180. The zero-order chi connectivity index (χ0) is 26.9. The van der Waals surface area contributed by atoms with Gasteiger partial charge in [0, 0.05) is 0 Å². The molecular formula is C28H33NO6S2. The Morgan fingerprint density at radius 3 is 2.57 bits per heavy atom. The van der Waals surface area contributed by atoms with E-state index in [1.54, 1.807) is 6.08 Å². The van der Waals surface area contributed by atoms with Crippen molar-refractivity contribution in [2.45, 2.75) is 65.4 Å². The number of ether oxygens (including phenoxy) is 2. The maximum Gasteiger partial charge on any atom is 0.339 e. The molecule has 9 heteroatoms. The maximum absolute atomic E-state index is 13.2. The van der Waals surface area contributed by atoms with Crippen LogP contribution < -0.4 is 14.4 Å². The van der Waals surface area contributed by atoms with E-state index < -0.39 is 5.97 Å². The summed E-state index contributed by atoms with van der Waals surface area (Å²) in [7, 11) is 0. The Hall–Kier alpha value is -3.04. The van der Waals surface area contributed by atoms with Crippen molar-refractivity contribution in [3.8, 4) is 17.2 Å². The van der Waals surface area contributed by atoms with Crippen LogP contribution in [0.15, 0.2) is 41.3 Å². The van der Waals surface area contributed by atoms with Crippen LogP contribution in [0.5, 0.6) is 17.2 Å². The monoisotopic (exact) mass is 543 g/mol. The molecule has 0 saturated carbocycles. The van der Waals surface area contributed by atoms with Gasteiger partial charge in [-0.3, -0.25) is 9.69 Å². The predicted molar refractivity (Wildman–Crippen MR) is 152 cm³/mol. The van der Waals surface area contributed by atoms with Gasteiger partial charge in [0.15, 0.2) is 15.8 Å². The quantitative estimate of drug-likeness (QED) is 0.158. The number of hydrogen-bond acceptors (Lipinski definition) is 7. The largest absolute Gasteiger partial charge is 0.507 e. The first-order valence-corrected chi connectivity index (χ1v) is 13.7. The van der Waals surface area contributed by atoms with E-state index in [2.05, 4.69) is 13.8 Å². The Kier molecular flexibility index (Phi) is 10.4. The van der Waals surface area contributed by atoms with E-state index >= 15 is 0 Å². The van der Waals surface area contributed by atoms with Gasteiger partial charge in [0.25, 0.3) is 5.91 Å². The van der Waals surface area contributed by atoms with Crippen molar-refractivity contribution >= 4 is 51.9 Å². The lowest BCUT2D eigenvalue weighted by Gasteiger charge is -2.18. The van der Waals surface area contributed by atoms with Crippen LogP contribution in [0.3, 0.4) is 0 Å². The minimum atomic E-state index is -1.29. The van der Waals surface area contributed by atoms with E-state index in [4.69, 9.17) is 21.7 Å². The number of carbonyl (C=O) groups is 2. The van der Waals surface area contributed by atoms with Crippen molar-refractivity contribution in [2.75, 3.05) is 11.5 Å². The number of nitrogens with zero attached hydrogens (tertiary/aromatic N) is 1. The number of phenols is 1. The summed E-state index contributed by atoms with van der Waals surface area (Å²) in [5, 5.41) is 19.1. The van der Waals surface area contributed by atoms with E-state index in [0.29, 0.717) is 23.0 Å². The highest BCUT2D eigenvalue weighted by Crippen LogP contribution is 2.38. The Labute approximate surface area is 227 Å². The fourth-order valence-corrected chi connectivity index (χ4v) is 5.27. The third-order valence-corrected chi connectivity index (χ3v) is 7.17. The van der Waals surface area contributed by atoms with Gasteiger partial charge in [-0.05, 0) is 68.7 Å². The van der Waals surface area contributed by atoms with E-state index in [1.165, 1.54) is 48.8 Å². The van der Waals surface area contributed by atoms with Gasteiger partial charge < -0.3 is 19.7 Å². The van der Waals surface area contributed by atoms with Crippen molar-refractivity contribution in [1.82, 2.24) is 0 Å². The van der Waals surface area contributed by atoms with Crippen molar-refractivity contribution in [1.29, 1.82) is 0 Å². The third kappa shape index (κ3) is 7.49. The minimum Gasteiger partial charge on any atom is -0.507 e. The number of aromatic carboxylic acids is 1. The van der Waals surface area contributed by atoms with Crippen LogP contribution in [0.25, 0.3) is 6.08 Å². The molecule has 1 aliphatic rings. The second-order valence-corrected chi connectivity index (χ2v) is 10.5. The number of unbranched alkanes of at least 4 members (excludes halogenated alkanes) is 4. The molecule has 1 saturated heterocycles. The summed E-state index contributed by atoms with van der Waals surface area (Å²) in [4.78, 5) is 26.2. The van der Waals surface area contributed by atoms with Crippen LogP contribution in [-0.2, 0) is 4.79 Å². The predicted octanol–water partition coefficient (Wildman–Crippen LogP) is 7.02. The van der Waals surface area contributed by atoms with Crippen molar-refractivity contribution in [2.24, 2.45) is 0 Å². The van der Waals surface area contributed by atoms with E-state index in [-0.39, 0.29) is 33.3 Å². The Morgan fingerprint density at radius 2 is 1.86 bits per heavy atom. The lowest BCUT2D eigenvalue weighted by molar-refractivity contribution is -0.113. The van der Waals surface area contributed by atoms with Crippen LogP contribution in [0, 0.1) is 0 Å². The summed E-state index contributed by atoms with van der Waals surface area (Å²) in [6, 6.07) is 9.48. The van der Waals surface area contributed by atoms with E-state index in [9.17, 15) is 19.8 Å². The zero-order valence-corrected chi connectivity index (χ0v) is 23.0. The van der Waals surface area contributed by atoms with E-state index in [0.717, 1.165) is 30.2 Å². The molecule has 1 heterocycles. The van der Waals surface area contributed by atoms with Crippen LogP contribution in [0.2, 0.25) is 0 Å². The van der Waals surface area contributed by atoms with Gasteiger partial charge in [-0.15, -0.1) is 0 Å². The average Bonchev–Trinajstić information content (AvgIpc) is 3.13. The minimum absolute atomic E-state index is 0.0592. The number of carbonyl (C=O) groups excluding carboxylic acids is 1. The molecule has 0 aromatic heterocycles. The van der Waals surface area contributed by atoms with Crippen LogP contribution in [-0.4, -0.2) is 39.1 Å². The number of rotatable bonds is 13. The molecule has 7 nitrogen and oxygen atoms in total. The summed E-state index contributed by atoms with van der Waals surface area (Å²) in [5.74, 6) is -0.773. The molecule has 2 aromatic carbocycles. The third-order valence-electron chi connectivity index (χ3n) is 5.87. The Morgan fingerprint density at radius 1 is 1.11 bits per heavy atom. The molecule has 2 N–H and O–H groups in total. The van der Waals surface area contributed by atoms with Gasteiger partial charge in [0.1, 0.15) is 11.3 Å². The molecule has 0 radical (unpaired) electrons.